The highest BCUT2D eigenvalue weighted by atomic mass is 32.1. The highest BCUT2D eigenvalue weighted by Crippen LogP contribution is 2.53. The third-order valence-electron chi connectivity index (χ3n) is 16.6. The Bertz CT molecular complexity index is 3010. The van der Waals surface area contributed by atoms with Crippen molar-refractivity contribution in [1.29, 1.82) is 0 Å². The number of aryl methyl sites for hydroxylation is 5. The van der Waals surface area contributed by atoms with Gasteiger partial charge in [-0.15, -0.1) is 11.3 Å². The van der Waals surface area contributed by atoms with Crippen molar-refractivity contribution >= 4 is 78.0 Å². The predicted octanol–water partition coefficient (Wildman–Crippen LogP) is 17.7. The van der Waals surface area contributed by atoms with Crippen LogP contribution >= 0.6 is 11.3 Å². The Kier molecular flexibility index (Phi) is 14.0. The molecule has 7 aromatic rings. The van der Waals surface area contributed by atoms with Crippen LogP contribution in [0.5, 0.6) is 0 Å². The van der Waals surface area contributed by atoms with Gasteiger partial charge in [0.15, 0.2) is 0 Å². The Hall–Kier alpha value is -5.06. The van der Waals surface area contributed by atoms with Crippen LogP contribution in [0.25, 0.3) is 21.2 Å². The fraction of sp³-hybridized carbons (Fsp3) is 0.424. The van der Waals surface area contributed by atoms with Crippen molar-refractivity contribution in [2.45, 2.75) is 182 Å². The lowest BCUT2D eigenvalue weighted by atomic mass is 9.36. The molecule has 0 spiro atoms. The minimum atomic E-state index is 0.0908. The lowest BCUT2D eigenvalue weighted by molar-refractivity contribution is 0.332. The summed E-state index contributed by atoms with van der Waals surface area (Å²) in [5, 5.41) is 1.41. The maximum Gasteiger partial charge on any atom is 0.264 e. The largest absolute Gasteiger partial charge is 0.311 e. The van der Waals surface area contributed by atoms with Gasteiger partial charge in [-0.05, 0) is 198 Å². The number of nitrogens with zero attached hydrogens (tertiary/aromatic N) is 2. The Balaban J connectivity index is 1.29. The first-order chi connectivity index (χ1) is 34.0. The molecular weight excluding hydrogens is 864 g/mol. The number of hydrogen-bond acceptors (Lipinski definition) is 3. The predicted molar refractivity (Wildman–Crippen MR) is 310 cm³/mol. The van der Waals surface area contributed by atoms with Gasteiger partial charge < -0.3 is 9.80 Å². The molecular formula is C66H79BN2S. The first kappa shape index (κ1) is 48.6. The average molecular weight is 943 g/mol. The summed E-state index contributed by atoms with van der Waals surface area (Å²) in [7, 11) is 0. The van der Waals surface area contributed by atoms with Gasteiger partial charge in [-0.25, -0.2) is 0 Å². The van der Waals surface area contributed by atoms with Gasteiger partial charge in [-0.1, -0.05) is 149 Å². The number of anilines is 6. The van der Waals surface area contributed by atoms with Crippen LogP contribution in [-0.4, -0.2) is 6.71 Å². The van der Waals surface area contributed by atoms with Crippen molar-refractivity contribution in [2.75, 3.05) is 9.80 Å². The van der Waals surface area contributed by atoms with E-state index < -0.39 is 0 Å². The molecule has 0 unspecified atom stereocenters. The van der Waals surface area contributed by atoms with Crippen LogP contribution in [0.15, 0.2) is 109 Å². The third kappa shape index (κ3) is 8.99. The Morgan fingerprint density at radius 1 is 0.471 bits per heavy atom. The molecule has 0 radical (unpaired) electrons. The topological polar surface area (TPSA) is 6.48 Å². The molecule has 4 heteroatoms. The van der Waals surface area contributed by atoms with Gasteiger partial charge in [0.25, 0.3) is 6.71 Å². The second-order valence-electron chi connectivity index (χ2n) is 22.8. The number of fused-ring (bicyclic) bond motifs is 7. The van der Waals surface area contributed by atoms with Crippen molar-refractivity contribution < 1.29 is 0 Å². The molecule has 0 saturated carbocycles. The van der Waals surface area contributed by atoms with E-state index in [1.165, 1.54) is 181 Å². The van der Waals surface area contributed by atoms with Gasteiger partial charge in [0, 0.05) is 43.2 Å². The second kappa shape index (κ2) is 20.2. The summed E-state index contributed by atoms with van der Waals surface area (Å²) < 4.78 is 2.88. The lowest BCUT2D eigenvalue weighted by Crippen LogP contribution is -2.60. The fourth-order valence-corrected chi connectivity index (χ4v) is 13.5. The van der Waals surface area contributed by atoms with E-state index >= 15 is 0 Å². The van der Waals surface area contributed by atoms with E-state index in [0.29, 0.717) is 0 Å². The summed E-state index contributed by atoms with van der Waals surface area (Å²) in [6.07, 6.45) is 19.8. The standard InChI is InChI=1S/C66H79BN2S/c1-10-15-20-45-25-30-50(31-26-45)52-39-46(21-16-11-2)28-35-57(52)69-58-41-48(23-18-13-4)27-34-56(58)67-62-59(42-49(24-19-14-5)43-60(62)69)68(51-32-33-54-55(44-51)66(8,9)38-37-65(54,6)7)63-53-40-47(22-17-12-3)29-36-61(53)70-64(63)67/h25-36,39-44H,10-24,37-38H2,1-9H3. The van der Waals surface area contributed by atoms with Gasteiger partial charge >= 0.3 is 0 Å². The summed E-state index contributed by atoms with van der Waals surface area (Å²) in [5.41, 5.74) is 24.0. The van der Waals surface area contributed by atoms with Gasteiger partial charge in [0.1, 0.15) is 0 Å². The van der Waals surface area contributed by atoms with E-state index in [4.69, 9.17) is 0 Å². The molecule has 3 heterocycles. The molecule has 6 aromatic carbocycles. The van der Waals surface area contributed by atoms with Crippen LogP contribution in [-0.2, 0) is 42.9 Å². The first-order valence-corrected chi connectivity index (χ1v) is 28.6. The van der Waals surface area contributed by atoms with Crippen LogP contribution in [0.3, 0.4) is 0 Å². The van der Waals surface area contributed by atoms with Crippen LogP contribution in [0.4, 0.5) is 34.1 Å². The molecule has 3 aliphatic rings. The van der Waals surface area contributed by atoms with E-state index in [-0.39, 0.29) is 17.5 Å². The van der Waals surface area contributed by atoms with Crippen molar-refractivity contribution in [3.05, 3.63) is 148 Å². The minimum absolute atomic E-state index is 0.0908. The van der Waals surface area contributed by atoms with E-state index in [1.807, 2.05) is 0 Å². The molecule has 0 fully saturated rings. The maximum atomic E-state index is 2.77. The van der Waals surface area contributed by atoms with Crippen molar-refractivity contribution in [1.82, 2.24) is 0 Å². The normalized spacial score (nSPS) is 15.2. The maximum absolute atomic E-state index is 2.77. The lowest BCUT2D eigenvalue weighted by Gasteiger charge is -2.45. The first-order valence-electron chi connectivity index (χ1n) is 27.8. The number of benzene rings is 6. The Morgan fingerprint density at radius 2 is 1.00 bits per heavy atom. The zero-order chi connectivity index (χ0) is 48.7. The SMILES string of the molecule is CCCCc1ccc(-c2cc(CCCC)ccc2N2c3cc(CCCC)ccc3B3c4sc5ccc(CCCC)cc5c4N(c4ccc5c(c4)C(C)(C)CCC5(C)C)c4cc(CCCC)cc2c43)cc1. The Labute approximate surface area is 427 Å². The highest BCUT2D eigenvalue weighted by Gasteiger charge is 2.46. The molecule has 1 aliphatic carbocycles. The molecule has 0 saturated heterocycles. The summed E-state index contributed by atoms with van der Waals surface area (Å²) in [4.78, 5) is 5.51. The number of thiophene rings is 1. The molecule has 0 amide bonds. The average Bonchev–Trinajstić information content (AvgIpc) is 3.75. The molecule has 362 valence electrons. The minimum Gasteiger partial charge on any atom is -0.311 e. The molecule has 0 bridgehead atoms. The fourth-order valence-electron chi connectivity index (χ4n) is 12.2. The number of rotatable bonds is 18. The van der Waals surface area contributed by atoms with Gasteiger partial charge in [-0.3, -0.25) is 0 Å². The molecule has 2 nitrogen and oxygen atoms in total. The van der Waals surface area contributed by atoms with Gasteiger partial charge in [0.05, 0.1) is 11.4 Å². The van der Waals surface area contributed by atoms with E-state index in [0.717, 1.165) is 38.5 Å². The molecule has 10 rings (SSSR count). The molecule has 70 heavy (non-hydrogen) atoms. The van der Waals surface area contributed by atoms with Crippen LogP contribution in [0, 0.1) is 0 Å². The molecule has 1 aromatic heterocycles. The number of hydrogen-bond donors (Lipinski definition) is 0. The number of unbranched alkanes of at least 4 members (excludes halogenated alkanes) is 5. The summed E-state index contributed by atoms with van der Waals surface area (Å²) in [6, 6.07) is 45.1. The highest BCUT2D eigenvalue weighted by molar-refractivity contribution is 7.33. The van der Waals surface area contributed by atoms with Crippen molar-refractivity contribution in [3.63, 3.8) is 0 Å². The Morgan fingerprint density at radius 3 is 1.66 bits per heavy atom. The van der Waals surface area contributed by atoms with E-state index in [9.17, 15) is 0 Å². The smallest absolute Gasteiger partial charge is 0.264 e. The van der Waals surface area contributed by atoms with Gasteiger partial charge in [-0.2, -0.15) is 0 Å². The summed E-state index contributed by atoms with van der Waals surface area (Å²) >= 11 is 2.05. The molecule has 0 N–H and O–H groups in total. The van der Waals surface area contributed by atoms with E-state index in [2.05, 4.69) is 193 Å². The molecule has 2 aliphatic heterocycles. The van der Waals surface area contributed by atoms with Crippen LogP contribution in [0.2, 0.25) is 0 Å². The van der Waals surface area contributed by atoms with E-state index in [1.54, 1.807) is 0 Å². The van der Waals surface area contributed by atoms with Crippen LogP contribution < -0.4 is 25.5 Å². The van der Waals surface area contributed by atoms with Crippen molar-refractivity contribution in [3.8, 4) is 11.1 Å². The van der Waals surface area contributed by atoms with Crippen molar-refractivity contribution in [2.24, 2.45) is 0 Å². The summed E-state index contributed by atoms with van der Waals surface area (Å²) in [5.74, 6) is 0. The monoisotopic (exact) mass is 943 g/mol. The van der Waals surface area contributed by atoms with Crippen LogP contribution in [0.1, 0.15) is 178 Å². The van der Waals surface area contributed by atoms with Gasteiger partial charge in [0.2, 0.25) is 0 Å². The quantitative estimate of drug-likeness (QED) is 0.0791. The zero-order valence-electron chi connectivity index (χ0n) is 44.3. The molecule has 0 atom stereocenters. The third-order valence-corrected chi connectivity index (χ3v) is 17.8. The summed E-state index contributed by atoms with van der Waals surface area (Å²) in [6.45, 7) is 21.6. The zero-order valence-corrected chi connectivity index (χ0v) is 45.1. The second-order valence-corrected chi connectivity index (χ2v) is 23.8.